The van der Waals surface area contributed by atoms with Gasteiger partial charge in [-0.3, -0.25) is 4.79 Å². The standard InChI is InChI=1S/C19H16F4N4O3/c1-12(13-2-8-16(9-3-13)30-19(21,22)23)25-17(28)10-27-18(29)26(11-24-27)15-6-4-14(20)5-7-15/h2-9,11-12H,10H2,1H3,(H,25,28)/t12-/m0/s1. The zero-order chi connectivity index (χ0) is 21.9. The van der Waals surface area contributed by atoms with E-state index >= 15 is 0 Å². The number of nitrogens with zero attached hydrogens (tertiary/aromatic N) is 3. The first-order valence-corrected chi connectivity index (χ1v) is 8.68. The third kappa shape index (κ3) is 5.25. The van der Waals surface area contributed by atoms with Gasteiger partial charge in [-0.05, 0) is 48.9 Å². The molecule has 1 amide bonds. The Morgan fingerprint density at radius 3 is 2.37 bits per heavy atom. The van der Waals surface area contributed by atoms with Gasteiger partial charge in [-0.1, -0.05) is 12.1 Å². The van der Waals surface area contributed by atoms with Gasteiger partial charge in [0.1, 0.15) is 24.4 Å². The van der Waals surface area contributed by atoms with Gasteiger partial charge in [-0.15, -0.1) is 13.2 Å². The first-order valence-electron chi connectivity index (χ1n) is 8.68. The fourth-order valence-corrected chi connectivity index (χ4v) is 2.69. The average molecular weight is 424 g/mol. The molecule has 3 rings (SSSR count). The summed E-state index contributed by atoms with van der Waals surface area (Å²) in [6.07, 6.45) is -3.57. The number of hydrogen-bond donors (Lipinski definition) is 1. The van der Waals surface area contributed by atoms with Gasteiger partial charge in [0.05, 0.1) is 11.7 Å². The van der Waals surface area contributed by atoms with Gasteiger partial charge < -0.3 is 10.1 Å². The van der Waals surface area contributed by atoms with Crippen LogP contribution in [0.25, 0.3) is 5.69 Å². The molecule has 0 bridgehead atoms. The number of benzene rings is 2. The lowest BCUT2D eigenvalue weighted by atomic mass is 10.1. The van der Waals surface area contributed by atoms with E-state index in [0.717, 1.165) is 21.4 Å². The number of halogens is 4. The lowest BCUT2D eigenvalue weighted by Gasteiger charge is -2.15. The smallest absolute Gasteiger partial charge is 0.406 e. The molecule has 0 fully saturated rings. The van der Waals surface area contributed by atoms with Crippen molar-refractivity contribution in [3.63, 3.8) is 0 Å². The highest BCUT2D eigenvalue weighted by molar-refractivity contribution is 5.76. The summed E-state index contributed by atoms with van der Waals surface area (Å²) < 4.78 is 55.5. The molecule has 1 N–H and O–H groups in total. The lowest BCUT2D eigenvalue weighted by Crippen LogP contribution is -2.34. The minimum Gasteiger partial charge on any atom is -0.406 e. The highest BCUT2D eigenvalue weighted by Gasteiger charge is 2.31. The zero-order valence-electron chi connectivity index (χ0n) is 15.6. The largest absolute Gasteiger partial charge is 0.573 e. The van der Waals surface area contributed by atoms with Crippen LogP contribution in [0, 0.1) is 5.82 Å². The monoisotopic (exact) mass is 424 g/mol. The van der Waals surface area contributed by atoms with Crippen molar-refractivity contribution < 1.29 is 27.1 Å². The number of carbonyl (C=O) groups excluding carboxylic acids is 1. The first-order chi connectivity index (χ1) is 14.1. The van der Waals surface area contributed by atoms with Gasteiger partial charge >= 0.3 is 12.1 Å². The second kappa shape index (κ2) is 8.39. The van der Waals surface area contributed by atoms with E-state index in [-0.39, 0.29) is 12.3 Å². The predicted octanol–water partition coefficient (Wildman–Crippen LogP) is 2.95. The van der Waals surface area contributed by atoms with Crippen LogP contribution in [0.5, 0.6) is 5.75 Å². The fourth-order valence-electron chi connectivity index (χ4n) is 2.69. The molecule has 0 unspecified atom stereocenters. The molecule has 0 aliphatic rings. The molecule has 0 saturated carbocycles. The Labute approximate surface area is 167 Å². The van der Waals surface area contributed by atoms with E-state index in [2.05, 4.69) is 15.2 Å². The maximum absolute atomic E-state index is 13.0. The van der Waals surface area contributed by atoms with E-state index in [1.807, 2.05) is 0 Å². The van der Waals surface area contributed by atoms with Crippen LogP contribution in [-0.4, -0.2) is 26.6 Å². The normalized spacial score (nSPS) is 12.4. The molecule has 0 radical (unpaired) electrons. The molecule has 0 saturated heterocycles. The number of hydrogen-bond acceptors (Lipinski definition) is 4. The summed E-state index contributed by atoms with van der Waals surface area (Å²) in [5.74, 6) is -1.35. The quantitative estimate of drug-likeness (QED) is 0.618. The molecule has 0 spiro atoms. The molecule has 1 atom stereocenters. The highest BCUT2D eigenvalue weighted by atomic mass is 19.4. The van der Waals surface area contributed by atoms with E-state index < -0.39 is 29.8 Å². The average Bonchev–Trinajstić information content (AvgIpc) is 3.02. The van der Waals surface area contributed by atoms with E-state index in [1.165, 1.54) is 42.7 Å². The number of carbonyl (C=O) groups is 1. The topological polar surface area (TPSA) is 78.2 Å². The van der Waals surface area contributed by atoms with Gasteiger partial charge in [-0.25, -0.2) is 18.4 Å². The Morgan fingerprint density at radius 2 is 1.77 bits per heavy atom. The van der Waals surface area contributed by atoms with Crippen LogP contribution in [-0.2, 0) is 11.3 Å². The molecule has 7 nitrogen and oxygen atoms in total. The Kier molecular flexibility index (Phi) is 5.90. The van der Waals surface area contributed by atoms with Crippen molar-refractivity contribution in [2.75, 3.05) is 0 Å². The molecule has 1 aromatic heterocycles. The molecule has 0 aliphatic carbocycles. The highest BCUT2D eigenvalue weighted by Crippen LogP contribution is 2.24. The zero-order valence-corrected chi connectivity index (χ0v) is 15.6. The number of nitrogens with one attached hydrogen (secondary N) is 1. The maximum Gasteiger partial charge on any atom is 0.573 e. The first kappa shape index (κ1) is 21.1. The number of alkyl halides is 3. The number of rotatable bonds is 6. The summed E-state index contributed by atoms with van der Waals surface area (Å²) in [6.45, 7) is 1.27. The molecular formula is C19H16F4N4O3. The Bertz CT molecular complexity index is 1070. The predicted molar refractivity (Wildman–Crippen MR) is 97.5 cm³/mol. The van der Waals surface area contributed by atoms with Crippen LogP contribution in [0.4, 0.5) is 17.6 Å². The third-order valence-electron chi connectivity index (χ3n) is 4.12. The second-order valence-electron chi connectivity index (χ2n) is 6.32. The molecule has 158 valence electrons. The van der Waals surface area contributed by atoms with E-state index in [9.17, 15) is 27.2 Å². The van der Waals surface area contributed by atoms with Gasteiger partial charge in [0.2, 0.25) is 5.91 Å². The van der Waals surface area contributed by atoms with E-state index in [0.29, 0.717) is 11.3 Å². The van der Waals surface area contributed by atoms with Crippen LogP contribution in [0.1, 0.15) is 18.5 Å². The van der Waals surface area contributed by atoms with Crippen LogP contribution in [0.2, 0.25) is 0 Å². The minimum absolute atomic E-state index is 0.368. The van der Waals surface area contributed by atoms with Gasteiger partial charge in [0.15, 0.2) is 0 Å². The van der Waals surface area contributed by atoms with Gasteiger partial charge in [0.25, 0.3) is 0 Å². The summed E-state index contributed by atoms with van der Waals surface area (Å²) >= 11 is 0. The van der Waals surface area contributed by atoms with Gasteiger partial charge in [0, 0.05) is 0 Å². The Morgan fingerprint density at radius 1 is 1.13 bits per heavy atom. The lowest BCUT2D eigenvalue weighted by molar-refractivity contribution is -0.274. The number of aromatic nitrogens is 3. The van der Waals surface area contributed by atoms with Crippen LogP contribution >= 0.6 is 0 Å². The molecule has 3 aromatic rings. The SMILES string of the molecule is C[C@H](NC(=O)Cn1ncn(-c2ccc(F)cc2)c1=O)c1ccc(OC(F)(F)F)cc1. The second-order valence-corrected chi connectivity index (χ2v) is 6.32. The minimum atomic E-state index is -4.79. The van der Waals surface area contributed by atoms with Crippen molar-refractivity contribution in [3.8, 4) is 11.4 Å². The van der Waals surface area contributed by atoms with Crippen molar-refractivity contribution in [2.24, 2.45) is 0 Å². The molecule has 11 heteroatoms. The van der Waals surface area contributed by atoms with Crippen molar-refractivity contribution in [1.29, 1.82) is 0 Å². The Balaban J connectivity index is 1.63. The molecule has 0 aliphatic heterocycles. The molecule has 2 aromatic carbocycles. The van der Waals surface area contributed by atoms with Crippen molar-refractivity contribution >= 4 is 5.91 Å². The van der Waals surface area contributed by atoms with Crippen LogP contribution < -0.4 is 15.7 Å². The van der Waals surface area contributed by atoms with Crippen LogP contribution in [0.3, 0.4) is 0 Å². The van der Waals surface area contributed by atoms with Gasteiger partial charge in [-0.2, -0.15) is 5.10 Å². The maximum atomic E-state index is 13.0. The van der Waals surface area contributed by atoms with Crippen molar-refractivity contribution in [2.45, 2.75) is 25.9 Å². The third-order valence-corrected chi connectivity index (χ3v) is 4.12. The Hall–Kier alpha value is -3.63. The number of ether oxygens (including phenoxy) is 1. The van der Waals surface area contributed by atoms with E-state index in [4.69, 9.17) is 0 Å². The molecular weight excluding hydrogens is 408 g/mol. The summed E-state index contributed by atoms with van der Waals surface area (Å²) in [5, 5.41) is 6.51. The summed E-state index contributed by atoms with van der Waals surface area (Å²) in [5.41, 5.74) is 0.350. The van der Waals surface area contributed by atoms with E-state index in [1.54, 1.807) is 6.92 Å². The fraction of sp³-hybridized carbons (Fsp3) is 0.211. The molecule has 30 heavy (non-hydrogen) atoms. The molecule has 1 heterocycles. The van der Waals surface area contributed by atoms with Crippen molar-refractivity contribution in [3.05, 3.63) is 76.7 Å². The summed E-state index contributed by atoms with van der Waals surface area (Å²) in [6, 6.07) is 9.71. The number of amides is 1. The van der Waals surface area contributed by atoms with Crippen molar-refractivity contribution in [1.82, 2.24) is 19.7 Å². The summed E-state index contributed by atoms with van der Waals surface area (Å²) in [7, 11) is 0. The summed E-state index contributed by atoms with van der Waals surface area (Å²) in [4.78, 5) is 24.6. The van der Waals surface area contributed by atoms with Crippen LogP contribution in [0.15, 0.2) is 59.7 Å².